The van der Waals surface area contributed by atoms with Crippen molar-refractivity contribution in [3.63, 3.8) is 0 Å². The number of imide groups is 1. The number of rotatable bonds is 1. The van der Waals surface area contributed by atoms with E-state index in [4.69, 9.17) is 0 Å². The Morgan fingerprint density at radius 1 is 1.00 bits per heavy atom. The molecule has 0 aliphatic carbocycles. The van der Waals surface area contributed by atoms with Crippen LogP contribution in [0.4, 0.5) is 0 Å². The van der Waals surface area contributed by atoms with Gasteiger partial charge in [-0.05, 0) is 18.6 Å². The highest BCUT2D eigenvalue weighted by Gasteiger charge is 2.43. The monoisotopic (exact) mass is 272 g/mol. The van der Waals surface area contributed by atoms with Crippen molar-refractivity contribution in [3.05, 3.63) is 35.4 Å². The molecular weight excluding hydrogens is 260 g/mol. The number of Topliss-reactive ketones (excluding diaryl/α,β-unsaturated/α-hetero) is 1. The van der Waals surface area contributed by atoms with Crippen molar-refractivity contribution in [1.29, 1.82) is 0 Å². The zero-order valence-corrected chi connectivity index (χ0v) is 10.6. The van der Waals surface area contributed by atoms with Gasteiger partial charge in [-0.15, -0.1) is 0 Å². The fraction of sp³-hybridized carbons (Fsp3) is 0.286. The molecule has 2 heterocycles. The molecule has 0 saturated carbocycles. The number of carbonyl (C=O) groups is 4. The van der Waals surface area contributed by atoms with E-state index < -0.39 is 17.9 Å². The Morgan fingerprint density at radius 2 is 1.60 bits per heavy atom. The minimum Gasteiger partial charge on any atom is -0.349 e. The first-order valence-corrected chi connectivity index (χ1v) is 6.36. The minimum atomic E-state index is -0.860. The Kier molecular flexibility index (Phi) is 2.85. The second kappa shape index (κ2) is 4.56. The van der Waals surface area contributed by atoms with Gasteiger partial charge in [0.25, 0.3) is 11.8 Å². The van der Waals surface area contributed by atoms with Crippen LogP contribution in [0.25, 0.3) is 0 Å². The summed E-state index contributed by atoms with van der Waals surface area (Å²) < 4.78 is 0. The average Bonchev–Trinajstić information content (AvgIpc) is 2.58. The SMILES string of the molecule is O=C1CCC(N2C(=O)c3ccccc3C2=O)C(=O)CN1. The number of ketones is 1. The van der Waals surface area contributed by atoms with Crippen molar-refractivity contribution in [2.45, 2.75) is 18.9 Å². The van der Waals surface area contributed by atoms with Gasteiger partial charge in [-0.2, -0.15) is 0 Å². The van der Waals surface area contributed by atoms with Crippen molar-refractivity contribution in [3.8, 4) is 0 Å². The van der Waals surface area contributed by atoms with Gasteiger partial charge in [-0.3, -0.25) is 24.1 Å². The van der Waals surface area contributed by atoms with Crippen molar-refractivity contribution in [2.75, 3.05) is 6.54 Å². The molecule has 2 aliphatic heterocycles. The number of carbonyl (C=O) groups excluding carboxylic acids is 4. The zero-order valence-electron chi connectivity index (χ0n) is 10.6. The van der Waals surface area contributed by atoms with E-state index in [1.165, 1.54) is 0 Å². The van der Waals surface area contributed by atoms with E-state index in [0.717, 1.165) is 4.90 Å². The van der Waals surface area contributed by atoms with Crippen LogP contribution in [-0.4, -0.2) is 41.0 Å². The smallest absolute Gasteiger partial charge is 0.262 e. The normalized spacial score (nSPS) is 22.6. The molecule has 6 heteroatoms. The van der Waals surface area contributed by atoms with Gasteiger partial charge in [-0.25, -0.2) is 0 Å². The van der Waals surface area contributed by atoms with Crippen molar-refractivity contribution in [2.24, 2.45) is 0 Å². The lowest BCUT2D eigenvalue weighted by molar-refractivity contribution is -0.124. The van der Waals surface area contributed by atoms with Gasteiger partial charge in [-0.1, -0.05) is 12.1 Å². The summed E-state index contributed by atoms with van der Waals surface area (Å²) in [6.45, 7) is -0.142. The lowest BCUT2D eigenvalue weighted by Crippen LogP contribution is -2.46. The number of fused-ring (bicyclic) bond motifs is 1. The van der Waals surface area contributed by atoms with Crippen molar-refractivity contribution < 1.29 is 19.2 Å². The highest BCUT2D eigenvalue weighted by molar-refractivity contribution is 6.23. The third-order valence-electron chi connectivity index (χ3n) is 3.61. The van der Waals surface area contributed by atoms with E-state index in [2.05, 4.69) is 5.32 Å². The second-order valence-electron chi connectivity index (χ2n) is 4.82. The second-order valence-corrected chi connectivity index (χ2v) is 4.82. The van der Waals surface area contributed by atoms with Crippen LogP contribution in [-0.2, 0) is 9.59 Å². The van der Waals surface area contributed by atoms with Crippen LogP contribution in [0.15, 0.2) is 24.3 Å². The van der Waals surface area contributed by atoms with E-state index in [9.17, 15) is 19.2 Å². The molecule has 0 bridgehead atoms. The molecule has 1 aromatic rings. The number of nitrogens with zero attached hydrogens (tertiary/aromatic N) is 1. The lowest BCUT2D eigenvalue weighted by Gasteiger charge is -2.22. The quantitative estimate of drug-likeness (QED) is 0.737. The maximum absolute atomic E-state index is 12.3. The molecule has 2 aliphatic rings. The van der Waals surface area contributed by atoms with Crippen LogP contribution in [0.5, 0.6) is 0 Å². The van der Waals surface area contributed by atoms with Gasteiger partial charge in [0.15, 0.2) is 5.78 Å². The Balaban J connectivity index is 1.96. The predicted octanol–water partition coefficient (Wildman–Crippen LogP) is 0.130. The summed E-state index contributed by atoms with van der Waals surface area (Å²) in [6, 6.07) is 5.63. The summed E-state index contributed by atoms with van der Waals surface area (Å²) in [6.07, 6.45) is 0.306. The third kappa shape index (κ3) is 1.80. The molecule has 0 radical (unpaired) electrons. The van der Waals surface area contributed by atoms with Crippen LogP contribution in [0.2, 0.25) is 0 Å². The Labute approximate surface area is 114 Å². The topological polar surface area (TPSA) is 83.6 Å². The molecule has 1 saturated heterocycles. The summed E-state index contributed by atoms with van der Waals surface area (Å²) >= 11 is 0. The number of benzene rings is 1. The van der Waals surface area contributed by atoms with Gasteiger partial charge >= 0.3 is 0 Å². The molecule has 102 valence electrons. The van der Waals surface area contributed by atoms with E-state index in [1.54, 1.807) is 24.3 Å². The van der Waals surface area contributed by atoms with Crippen LogP contribution < -0.4 is 5.32 Å². The average molecular weight is 272 g/mol. The van der Waals surface area contributed by atoms with E-state index in [1.807, 2.05) is 0 Å². The summed E-state index contributed by atoms with van der Waals surface area (Å²) in [5.74, 6) is -1.47. The predicted molar refractivity (Wildman–Crippen MR) is 68.0 cm³/mol. The first kappa shape index (κ1) is 12.5. The van der Waals surface area contributed by atoms with Gasteiger partial charge in [0.1, 0.15) is 6.04 Å². The molecule has 0 aromatic heterocycles. The zero-order chi connectivity index (χ0) is 14.3. The van der Waals surface area contributed by atoms with E-state index >= 15 is 0 Å². The van der Waals surface area contributed by atoms with Crippen LogP contribution in [0, 0.1) is 0 Å². The highest BCUT2D eigenvalue weighted by atomic mass is 16.2. The first-order valence-electron chi connectivity index (χ1n) is 6.36. The molecule has 6 nitrogen and oxygen atoms in total. The summed E-state index contributed by atoms with van der Waals surface area (Å²) in [7, 11) is 0. The van der Waals surface area contributed by atoms with Gasteiger partial charge in [0.05, 0.1) is 17.7 Å². The molecule has 1 unspecified atom stereocenters. The fourth-order valence-electron chi connectivity index (χ4n) is 2.58. The summed E-state index contributed by atoms with van der Waals surface area (Å²) in [4.78, 5) is 48.9. The standard InChI is InChI=1S/C14H12N2O4/c17-11-7-15-12(18)6-5-10(11)16-13(19)8-3-1-2-4-9(8)14(16)20/h1-4,10H,5-7H2,(H,15,18). The van der Waals surface area contributed by atoms with Crippen LogP contribution in [0.3, 0.4) is 0 Å². The first-order chi connectivity index (χ1) is 9.59. The molecule has 1 atom stereocenters. The summed E-state index contributed by atoms with van der Waals surface area (Å²) in [5.41, 5.74) is 0.627. The van der Waals surface area contributed by atoms with Crippen LogP contribution >= 0.6 is 0 Å². The molecule has 0 spiro atoms. The molecule has 1 aromatic carbocycles. The Bertz CT molecular complexity index is 603. The van der Waals surface area contributed by atoms with Crippen LogP contribution in [0.1, 0.15) is 33.6 Å². The van der Waals surface area contributed by atoms with Gasteiger partial charge in [0.2, 0.25) is 5.91 Å². The van der Waals surface area contributed by atoms with Gasteiger partial charge in [0, 0.05) is 6.42 Å². The van der Waals surface area contributed by atoms with E-state index in [0.29, 0.717) is 11.1 Å². The lowest BCUT2D eigenvalue weighted by atomic mass is 10.1. The third-order valence-corrected chi connectivity index (χ3v) is 3.61. The van der Waals surface area contributed by atoms with Crippen molar-refractivity contribution >= 4 is 23.5 Å². The maximum atomic E-state index is 12.3. The van der Waals surface area contributed by atoms with Crippen molar-refractivity contribution in [1.82, 2.24) is 10.2 Å². The number of hydrogen-bond donors (Lipinski definition) is 1. The maximum Gasteiger partial charge on any atom is 0.262 e. The molecular formula is C14H12N2O4. The molecule has 20 heavy (non-hydrogen) atoms. The Morgan fingerprint density at radius 3 is 2.20 bits per heavy atom. The van der Waals surface area contributed by atoms with E-state index in [-0.39, 0.29) is 31.1 Å². The number of nitrogens with one attached hydrogen (secondary N) is 1. The molecule has 1 N–H and O–H groups in total. The highest BCUT2D eigenvalue weighted by Crippen LogP contribution is 2.26. The fourth-order valence-corrected chi connectivity index (χ4v) is 2.58. The van der Waals surface area contributed by atoms with Gasteiger partial charge < -0.3 is 5.32 Å². The minimum absolute atomic E-state index is 0.129. The largest absolute Gasteiger partial charge is 0.349 e. The molecule has 3 rings (SSSR count). The Hall–Kier alpha value is -2.50. The number of amides is 3. The molecule has 1 fully saturated rings. The number of hydrogen-bond acceptors (Lipinski definition) is 4. The molecule has 3 amide bonds. The summed E-state index contributed by atoms with van der Waals surface area (Å²) in [5, 5.41) is 2.46.